The van der Waals surface area contributed by atoms with Gasteiger partial charge in [0.25, 0.3) is 0 Å². The van der Waals surface area contributed by atoms with Crippen molar-refractivity contribution in [1.82, 2.24) is 14.9 Å². The summed E-state index contributed by atoms with van der Waals surface area (Å²) in [5.41, 5.74) is 2.48. The zero-order valence-corrected chi connectivity index (χ0v) is 10.5. The molecule has 90 valence electrons. The van der Waals surface area contributed by atoms with E-state index in [9.17, 15) is 0 Å². The molecule has 0 radical (unpaired) electrons. The molecule has 0 fully saturated rings. The lowest BCUT2D eigenvalue weighted by Gasteiger charge is -2.07. The van der Waals surface area contributed by atoms with Gasteiger partial charge in [-0.3, -0.25) is 0 Å². The minimum absolute atomic E-state index is 0.906. The van der Waals surface area contributed by atoms with Gasteiger partial charge in [-0.1, -0.05) is 31.2 Å². The normalized spacial score (nSPS) is 10.7. The number of hydrogen-bond acceptors (Lipinski definition) is 2. The SMILES string of the molecule is CCCn1ccnc1-c1ccc(CNC)cc1. The van der Waals surface area contributed by atoms with Crippen LogP contribution in [0, 0.1) is 0 Å². The highest BCUT2D eigenvalue weighted by Crippen LogP contribution is 2.18. The molecule has 1 aromatic carbocycles. The molecule has 0 aliphatic heterocycles. The maximum absolute atomic E-state index is 4.43. The molecule has 0 spiro atoms. The van der Waals surface area contributed by atoms with E-state index in [2.05, 4.69) is 46.1 Å². The number of imidazole rings is 1. The predicted octanol–water partition coefficient (Wildman–Crippen LogP) is 2.68. The second kappa shape index (κ2) is 5.64. The zero-order valence-electron chi connectivity index (χ0n) is 10.5. The molecule has 1 N–H and O–H groups in total. The standard InChI is InChI=1S/C14H19N3/c1-3-9-17-10-8-16-14(17)13-6-4-12(5-7-13)11-15-2/h4-8,10,15H,3,9,11H2,1-2H3. The molecular weight excluding hydrogens is 210 g/mol. The van der Waals surface area contributed by atoms with E-state index in [0.29, 0.717) is 0 Å². The van der Waals surface area contributed by atoms with Gasteiger partial charge in [0.1, 0.15) is 5.82 Å². The van der Waals surface area contributed by atoms with Crippen molar-refractivity contribution in [3.8, 4) is 11.4 Å². The van der Waals surface area contributed by atoms with Crippen LogP contribution in [0.25, 0.3) is 11.4 Å². The summed E-state index contributed by atoms with van der Waals surface area (Å²) in [5, 5.41) is 3.15. The molecule has 0 atom stereocenters. The molecule has 3 nitrogen and oxygen atoms in total. The van der Waals surface area contributed by atoms with Crippen LogP contribution in [-0.4, -0.2) is 16.6 Å². The third-order valence-corrected chi connectivity index (χ3v) is 2.77. The molecule has 0 unspecified atom stereocenters. The molecule has 0 aliphatic rings. The lowest BCUT2D eigenvalue weighted by Crippen LogP contribution is -2.04. The van der Waals surface area contributed by atoms with E-state index in [0.717, 1.165) is 25.3 Å². The molecule has 1 heterocycles. The van der Waals surface area contributed by atoms with Crippen LogP contribution < -0.4 is 5.32 Å². The Morgan fingerprint density at radius 3 is 2.65 bits per heavy atom. The molecular formula is C14H19N3. The Morgan fingerprint density at radius 2 is 2.00 bits per heavy atom. The van der Waals surface area contributed by atoms with Crippen molar-refractivity contribution in [2.45, 2.75) is 26.4 Å². The van der Waals surface area contributed by atoms with Gasteiger partial charge in [0, 0.05) is 31.0 Å². The monoisotopic (exact) mass is 229 g/mol. The molecule has 17 heavy (non-hydrogen) atoms. The van der Waals surface area contributed by atoms with Gasteiger partial charge in [0.05, 0.1) is 0 Å². The van der Waals surface area contributed by atoms with Crippen LogP contribution in [0.15, 0.2) is 36.7 Å². The van der Waals surface area contributed by atoms with Gasteiger partial charge in [-0.2, -0.15) is 0 Å². The molecule has 1 aromatic heterocycles. The average molecular weight is 229 g/mol. The molecule has 0 aliphatic carbocycles. The highest BCUT2D eigenvalue weighted by atomic mass is 15.1. The van der Waals surface area contributed by atoms with Gasteiger partial charge in [0.15, 0.2) is 0 Å². The van der Waals surface area contributed by atoms with Crippen molar-refractivity contribution < 1.29 is 0 Å². The minimum Gasteiger partial charge on any atom is -0.331 e. The van der Waals surface area contributed by atoms with E-state index in [1.807, 2.05) is 19.4 Å². The Labute approximate surface area is 103 Å². The minimum atomic E-state index is 0.906. The van der Waals surface area contributed by atoms with E-state index in [1.54, 1.807) is 0 Å². The summed E-state index contributed by atoms with van der Waals surface area (Å²) in [6.07, 6.45) is 5.04. The van der Waals surface area contributed by atoms with Gasteiger partial charge in [-0.25, -0.2) is 4.98 Å². The number of nitrogens with zero attached hydrogens (tertiary/aromatic N) is 2. The summed E-state index contributed by atoms with van der Waals surface area (Å²) in [6.45, 7) is 4.11. The highest BCUT2D eigenvalue weighted by molar-refractivity contribution is 5.56. The van der Waals surface area contributed by atoms with E-state index in [1.165, 1.54) is 11.1 Å². The molecule has 0 saturated heterocycles. The van der Waals surface area contributed by atoms with Gasteiger partial charge in [-0.05, 0) is 19.0 Å². The Morgan fingerprint density at radius 1 is 1.24 bits per heavy atom. The fraction of sp³-hybridized carbons (Fsp3) is 0.357. The Hall–Kier alpha value is -1.61. The number of aromatic nitrogens is 2. The Bertz CT molecular complexity index is 457. The summed E-state index contributed by atoms with van der Waals surface area (Å²) in [6, 6.07) is 8.58. The number of hydrogen-bond donors (Lipinski definition) is 1. The van der Waals surface area contributed by atoms with Crippen molar-refractivity contribution in [1.29, 1.82) is 0 Å². The van der Waals surface area contributed by atoms with Crippen LogP contribution >= 0.6 is 0 Å². The first-order chi connectivity index (χ1) is 8.35. The molecule has 0 amide bonds. The number of aryl methyl sites for hydroxylation is 1. The number of rotatable bonds is 5. The first kappa shape index (κ1) is 11.9. The quantitative estimate of drug-likeness (QED) is 0.854. The third kappa shape index (κ3) is 2.74. The summed E-state index contributed by atoms with van der Waals surface area (Å²) in [7, 11) is 1.96. The van der Waals surface area contributed by atoms with Gasteiger partial charge < -0.3 is 9.88 Å². The first-order valence-corrected chi connectivity index (χ1v) is 6.10. The summed E-state index contributed by atoms with van der Waals surface area (Å²) in [4.78, 5) is 4.43. The summed E-state index contributed by atoms with van der Waals surface area (Å²) >= 11 is 0. The van der Waals surface area contributed by atoms with Crippen LogP contribution in [0.5, 0.6) is 0 Å². The largest absolute Gasteiger partial charge is 0.331 e. The second-order valence-electron chi connectivity index (χ2n) is 4.17. The lowest BCUT2D eigenvalue weighted by molar-refractivity contribution is 0.685. The predicted molar refractivity (Wildman–Crippen MR) is 70.7 cm³/mol. The summed E-state index contributed by atoms with van der Waals surface area (Å²) < 4.78 is 2.20. The van der Waals surface area contributed by atoms with Crippen LogP contribution in [0.4, 0.5) is 0 Å². The topological polar surface area (TPSA) is 29.9 Å². The maximum Gasteiger partial charge on any atom is 0.139 e. The fourth-order valence-electron chi connectivity index (χ4n) is 1.97. The second-order valence-corrected chi connectivity index (χ2v) is 4.17. The van der Waals surface area contributed by atoms with E-state index < -0.39 is 0 Å². The van der Waals surface area contributed by atoms with Crippen molar-refractivity contribution >= 4 is 0 Å². The van der Waals surface area contributed by atoms with E-state index in [-0.39, 0.29) is 0 Å². The van der Waals surface area contributed by atoms with Crippen LogP contribution in [0.1, 0.15) is 18.9 Å². The average Bonchev–Trinajstić information content (AvgIpc) is 2.79. The van der Waals surface area contributed by atoms with Gasteiger partial charge >= 0.3 is 0 Å². The van der Waals surface area contributed by atoms with Gasteiger partial charge in [-0.15, -0.1) is 0 Å². The third-order valence-electron chi connectivity index (χ3n) is 2.77. The van der Waals surface area contributed by atoms with Crippen LogP contribution in [0.2, 0.25) is 0 Å². The van der Waals surface area contributed by atoms with E-state index in [4.69, 9.17) is 0 Å². The molecule has 2 rings (SSSR count). The van der Waals surface area contributed by atoms with Gasteiger partial charge in [0.2, 0.25) is 0 Å². The lowest BCUT2D eigenvalue weighted by atomic mass is 10.1. The maximum atomic E-state index is 4.43. The van der Waals surface area contributed by atoms with E-state index >= 15 is 0 Å². The van der Waals surface area contributed by atoms with Crippen molar-refractivity contribution in [3.63, 3.8) is 0 Å². The van der Waals surface area contributed by atoms with Crippen LogP contribution in [0.3, 0.4) is 0 Å². The molecule has 2 aromatic rings. The van der Waals surface area contributed by atoms with Crippen LogP contribution in [-0.2, 0) is 13.1 Å². The number of benzene rings is 1. The van der Waals surface area contributed by atoms with Crippen molar-refractivity contribution in [3.05, 3.63) is 42.2 Å². The smallest absolute Gasteiger partial charge is 0.139 e. The summed E-state index contributed by atoms with van der Waals surface area (Å²) in [5.74, 6) is 1.06. The Kier molecular flexibility index (Phi) is 3.94. The van der Waals surface area contributed by atoms with Crippen molar-refractivity contribution in [2.75, 3.05) is 7.05 Å². The molecule has 0 saturated carbocycles. The first-order valence-electron chi connectivity index (χ1n) is 6.10. The molecule has 0 bridgehead atoms. The molecule has 3 heteroatoms. The van der Waals surface area contributed by atoms with Crippen molar-refractivity contribution in [2.24, 2.45) is 0 Å². The highest BCUT2D eigenvalue weighted by Gasteiger charge is 2.04. The fourth-order valence-corrected chi connectivity index (χ4v) is 1.97. The number of nitrogens with one attached hydrogen (secondary N) is 1. The zero-order chi connectivity index (χ0) is 12.1. The Balaban J connectivity index is 2.23.